The number of hydrogen-bond donors (Lipinski definition) is 1. The first kappa shape index (κ1) is 22.2. The van der Waals surface area contributed by atoms with Gasteiger partial charge in [-0.1, -0.05) is 6.92 Å². The molecule has 0 aromatic carbocycles. The van der Waals surface area contributed by atoms with E-state index in [1.54, 1.807) is 18.4 Å². The lowest BCUT2D eigenvalue weighted by molar-refractivity contribution is 0.0938. The normalized spacial score (nSPS) is 12.2. The lowest BCUT2D eigenvalue weighted by atomic mass is 10.2. The Morgan fingerprint density at radius 3 is 2.80 bits per heavy atom. The number of amides is 1. The number of ether oxygens (including phenoxy) is 1. The number of carbonyl (C=O) groups is 1. The Bertz CT molecular complexity index is 991. The van der Waals surface area contributed by atoms with Gasteiger partial charge in [0, 0.05) is 54.8 Å². The van der Waals surface area contributed by atoms with Crippen molar-refractivity contribution >= 4 is 17.2 Å². The van der Waals surface area contributed by atoms with Crippen LogP contribution in [0.1, 0.15) is 48.4 Å². The van der Waals surface area contributed by atoms with Crippen LogP contribution in [0.4, 0.5) is 0 Å². The van der Waals surface area contributed by atoms with Crippen molar-refractivity contribution in [1.82, 2.24) is 19.9 Å². The Balaban J connectivity index is 1.97. The summed E-state index contributed by atoms with van der Waals surface area (Å²) in [5, 5.41) is 6.05. The minimum absolute atomic E-state index is 0.0354. The maximum Gasteiger partial charge on any atom is 0.253 e. The average Bonchev–Trinajstić information content (AvgIpc) is 3.34. The third-order valence-corrected chi connectivity index (χ3v) is 6.15. The molecule has 0 saturated heterocycles. The van der Waals surface area contributed by atoms with Crippen molar-refractivity contribution < 1.29 is 9.53 Å². The van der Waals surface area contributed by atoms with Crippen LogP contribution in [0.5, 0.6) is 0 Å². The molecular formula is C23H30N4O2S. The van der Waals surface area contributed by atoms with Gasteiger partial charge in [-0.2, -0.15) is 0 Å². The van der Waals surface area contributed by atoms with Gasteiger partial charge in [0.2, 0.25) is 0 Å². The molecule has 6 nitrogen and oxygen atoms in total. The molecule has 3 aromatic heterocycles. The molecule has 0 aliphatic rings. The second-order valence-corrected chi connectivity index (χ2v) is 8.39. The van der Waals surface area contributed by atoms with Crippen LogP contribution in [0.15, 0.2) is 29.8 Å². The summed E-state index contributed by atoms with van der Waals surface area (Å²) >= 11 is 1.59. The fourth-order valence-corrected chi connectivity index (χ4v) is 4.07. The molecule has 1 amide bonds. The molecule has 0 radical (unpaired) electrons. The highest BCUT2D eigenvalue weighted by atomic mass is 32.1. The highest BCUT2D eigenvalue weighted by Crippen LogP contribution is 2.31. The molecule has 1 unspecified atom stereocenters. The number of thiazole rings is 1. The van der Waals surface area contributed by atoms with Gasteiger partial charge < -0.3 is 14.6 Å². The molecule has 0 bridgehead atoms. The molecule has 0 saturated carbocycles. The third-order valence-electron chi connectivity index (χ3n) is 5.26. The Morgan fingerprint density at radius 2 is 2.13 bits per heavy atom. The van der Waals surface area contributed by atoms with Crippen molar-refractivity contribution in [2.75, 3.05) is 13.7 Å². The molecule has 1 N–H and O–H groups in total. The third kappa shape index (κ3) is 4.96. The van der Waals surface area contributed by atoms with E-state index < -0.39 is 0 Å². The fraction of sp³-hybridized carbons (Fsp3) is 0.435. The molecule has 3 rings (SSSR count). The van der Waals surface area contributed by atoms with Crippen LogP contribution in [0, 0.1) is 13.8 Å². The minimum Gasteiger partial charge on any atom is -0.385 e. The van der Waals surface area contributed by atoms with E-state index in [9.17, 15) is 4.79 Å². The second kappa shape index (κ2) is 10.00. The Labute approximate surface area is 182 Å². The number of carbonyl (C=O) groups excluding carboxylic acids is 1. The largest absolute Gasteiger partial charge is 0.385 e. The van der Waals surface area contributed by atoms with Gasteiger partial charge in [0.25, 0.3) is 5.91 Å². The van der Waals surface area contributed by atoms with Crippen molar-refractivity contribution in [2.45, 2.75) is 53.1 Å². The summed E-state index contributed by atoms with van der Waals surface area (Å²) in [5.41, 5.74) is 5.47. The summed E-state index contributed by atoms with van der Waals surface area (Å²) in [5.74, 6) is -0.0354. The van der Waals surface area contributed by atoms with Crippen LogP contribution < -0.4 is 5.32 Å². The van der Waals surface area contributed by atoms with E-state index in [-0.39, 0.29) is 11.9 Å². The van der Waals surface area contributed by atoms with Crippen molar-refractivity contribution in [3.63, 3.8) is 0 Å². The van der Waals surface area contributed by atoms with Gasteiger partial charge in [0.1, 0.15) is 5.01 Å². The zero-order valence-electron chi connectivity index (χ0n) is 18.4. The quantitative estimate of drug-likeness (QED) is 0.496. The van der Waals surface area contributed by atoms with Gasteiger partial charge in [-0.3, -0.25) is 9.78 Å². The van der Waals surface area contributed by atoms with Gasteiger partial charge in [-0.15, -0.1) is 11.3 Å². The van der Waals surface area contributed by atoms with E-state index in [1.807, 2.05) is 50.5 Å². The first-order valence-corrected chi connectivity index (χ1v) is 11.2. The summed E-state index contributed by atoms with van der Waals surface area (Å²) in [7, 11) is 1.71. The lowest BCUT2D eigenvalue weighted by Gasteiger charge is -2.12. The highest BCUT2D eigenvalue weighted by molar-refractivity contribution is 7.13. The molecule has 3 aromatic rings. The SMILES string of the molecule is CCC(C)NC(=O)c1cc(-c2csc(-c3ccc(C)nc3)n2)n(CCCOC)c1C. The van der Waals surface area contributed by atoms with Crippen molar-refractivity contribution in [3.05, 3.63) is 46.7 Å². The van der Waals surface area contributed by atoms with Gasteiger partial charge in [0.15, 0.2) is 0 Å². The van der Waals surface area contributed by atoms with Gasteiger partial charge in [0.05, 0.1) is 17.0 Å². The summed E-state index contributed by atoms with van der Waals surface area (Å²) in [6.07, 6.45) is 3.61. The maximum atomic E-state index is 12.8. The molecule has 1 atom stereocenters. The number of aromatic nitrogens is 3. The number of nitrogens with zero attached hydrogens (tertiary/aromatic N) is 3. The first-order valence-electron chi connectivity index (χ1n) is 10.3. The topological polar surface area (TPSA) is 69.0 Å². The van der Waals surface area contributed by atoms with Crippen molar-refractivity contribution in [2.24, 2.45) is 0 Å². The second-order valence-electron chi connectivity index (χ2n) is 7.54. The van der Waals surface area contributed by atoms with E-state index in [0.29, 0.717) is 12.2 Å². The zero-order valence-corrected chi connectivity index (χ0v) is 19.2. The molecule has 0 spiro atoms. The number of nitrogens with one attached hydrogen (secondary N) is 1. The summed E-state index contributed by atoms with van der Waals surface area (Å²) < 4.78 is 7.41. The maximum absolute atomic E-state index is 12.8. The smallest absolute Gasteiger partial charge is 0.253 e. The highest BCUT2D eigenvalue weighted by Gasteiger charge is 2.21. The molecule has 30 heavy (non-hydrogen) atoms. The van der Waals surface area contributed by atoms with E-state index >= 15 is 0 Å². The van der Waals surface area contributed by atoms with Crippen LogP contribution in [0.2, 0.25) is 0 Å². The fourth-order valence-electron chi connectivity index (χ4n) is 3.26. The Morgan fingerprint density at radius 1 is 1.33 bits per heavy atom. The van der Waals surface area contributed by atoms with Crippen LogP contribution in [-0.2, 0) is 11.3 Å². The minimum atomic E-state index is -0.0354. The standard InChI is InChI=1S/C23H30N4O2S/c1-6-15(2)25-22(28)19-12-21(27(17(19)4)10-7-11-29-5)20-14-30-23(26-20)18-9-8-16(3)24-13-18/h8-9,12-15H,6-7,10-11H2,1-5H3,(H,25,28). The molecule has 7 heteroatoms. The molecule has 160 valence electrons. The Kier molecular flexibility index (Phi) is 7.39. The number of rotatable bonds is 9. The average molecular weight is 427 g/mol. The molecule has 0 aliphatic heterocycles. The van der Waals surface area contributed by atoms with E-state index in [0.717, 1.165) is 52.7 Å². The zero-order chi connectivity index (χ0) is 21.7. The molecule has 3 heterocycles. The van der Waals surface area contributed by atoms with Crippen molar-refractivity contribution in [3.8, 4) is 22.0 Å². The van der Waals surface area contributed by atoms with Gasteiger partial charge in [-0.05, 0) is 51.8 Å². The van der Waals surface area contributed by atoms with Crippen LogP contribution in [0.3, 0.4) is 0 Å². The number of methoxy groups -OCH3 is 1. The predicted molar refractivity (Wildman–Crippen MR) is 122 cm³/mol. The van der Waals surface area contributed by atoms with E-state index in [2.05, 4.69) is 21.8 Å². The predicted octanol–water partition coefficient (Wildman–Crippen LogP) is 4.86. The number of pyridine rings is 1. The van der Waals surface area contributed by atoms with Crippen LogP contribution >= 0.6 is 11.3 Å². The van der Waals surface area contributed by atoms with Gasteiger partial charge >= 0.3 is 0 Å². The molecule has 0 aliphatic carbocycles. The monoisotopic (exact) mass is 426 g/mol. The summed E-state index contributed by atoms with van der Waals surface area (Å²) in [6.45, 7) is 9.49. The molecule has 0 fully saturated rings. The first-order chi connectivity index (χ1) is 14.4. The Hall–Kier alpha value is -2.51. The van der Waals surface area contributed by atoms with Crippen molar-refractivity contribution in [1.29, 1.82) is 0 Å². The van der Waals surface area contributed by atoms with Gasteiger partial charge in [-0.25, -0.2) is 4.98 Å². The number of aryl methyl sites for hydroxylation is 1. The lowest BCUT2D eigenvalue weighted by Crippen LogP contribution is -2.32. The molecular weight excluding hydrogens is 396 g/mol. The van der Waals surface area contributed by atoms with E-state index in [4.69, 9.17) is 9.72 Å². The summed E-state index contributed by atoms with van der Waals surface area (Å²) in [4.78, 5) is 22.1. The van der Waals surface area contributed by atoms with Crippen LogP contribution in [-0.4, -0.2) is 40.2 Å². The van der Waals surface area contributed by atoms with E-state index in [1.165, 1.54) is 0 Å². The number of hydrogen-bond acceptors (Lipinski definition) is 5. The van der Waals surface area contributed by atoms with Crippen LogP contribution in [0.25, 0.3) is 22.0 Å². The summed E-state index contributed by atoms with van der Waals surface area (Å²) in [6, 6.07) is 6.13.